The number of aliphatic hydroxyl groups excluding tert-OH is 3. The van der Waals surface area contributed by atoms with Gasteiger partial charge in [-0.25, -0.2) is 9.78 Å². The molecule has 2 saturated heterocycles. The van der Waals surface area contributed by atoms with E-state index >= 15 is 14.4 Å². The number of carbonyl (C=O) groups excluding carboxylic acids is 16. The number of carboxylic acid groups (broad SMARTS) is 1. The van der Waals surface area contributed by atoms with Gasteiger partial charge in [0.2, 0.25) is 94.5 Å². The van der Waals surface area contributed by atoms with Gasteiger partial charge in [-0.2, -0.15) is 0 Å². The van der Waals surface area contributed by atoms with Crippen LogP contribution < -0.4 is 86.3 Å². The van der Waals surface area contributed by atoms with Gasteiger partial charge >= 0.3 is 5.97 Å². The number of aromatic amines is 1. The zero-order valence-electron chi connectivity index (χ0n) is 79.0. The average Bonchev–Trinajstić information content (AvgIpc) is 1.15. The number of phenolic OH excluding ortho intramolecular Hbond substituents is 1. The van der Waals surface area contributed by atoms with Crippen LogP contribution in [-0.4, -0.2) is 281 Å². The number of aromatic hydroxyl groups is 1. The average molecular weight is 1930 g/mol. The molecule has 42 heteroatoms. The highest BCUT2D eigenvalue weighted by Crippen LogP contribution is 2.25. The minimum atomic E-state index is -1.96. The first-order valence-corrected chi connectivity index (χ1v) is 46.6. The van der Waals surface area contributed by atoms with Crippen molar-refractivity contribution < 1.29 is 107 Å². The van der Waals surface area contributed by atoms with Gasteiger partial charge in [-0.3, -0.25) is 76.7 Å². The van der Waals surface area contributed by atoms with Crippen LogP contribution >= 0.6 is 0 Å². The summed E-state index contributed by atoms with van der Waals surface area (Å²) in [6.07, 6.45) is -3.53. The first kappa shape index (κ1) is 110. The molecular weight excluding hydrogens is 1800 g/mol. The van der Waals surface area contributed by atoms with E-state index in [-0.39, 0.29) is 139 Å². The van der Waals surface area contributed by atoms with Crippen LogP contribution in [-0.2, 0) is 120 Å². The number of aromatic nitrogens is 2. The van der Waals surface area contributed by atoms with Crippen molar-refractivity contribution in [2.24, 2.45) is 29.0 Å². The second-order valence-corrected chi connectivity index (χ2v) is 35.9. The largest absolute Gasteiger partial charge is 0.508 e. The Bertz CT molecular complexity index is 5120. The Morgan fingerprint density at radius 2 is 0.784 bits per heavy atom. The quantitative estimate of drug-likeness (QED) is 0.0175. The van der Waals surface area contributed by atoms with E-state index in [1.165, 1.54) is 46.6 Å². The monoisotopic (exact) mass is 1930 g/mol. The number of rotatable bonds is 54. The van der Waals surface area contributed by atoms with E-state index in [4.69, 9.17) is 17.2 Å². The van der Waals surface area contributed by atoms with Gasteiger partial charge < -0.3 is 127 Å². The number of likely N-dealkylation sites (tertiary alicyclic amines) is 2. The number of nitrogens with zero attached hydrogens (tertiary/aromatic N) is 3. The second-order valence-electron chi connectivity index (χ2n) is 35.9. The number of aliphatic hydroxyl groups is 3. The Hall–Kier alpha value is -14.1. The third-order valence-corrected chi connectivity index (χ3v) is 23.5. The highest BCUT2D eigenvalue weighted by molar-refractivity contribution is 6.02. The minimum Gasteiger partial charge on any atom is -0.508 e. The van der Waals surface area contributed by atoms with Gasteiger partial charge in [0.15, 0.2) is 0 Å². The number of nitrogens with two attached hydrogens (primary N) is 3. The van der Waals surface area contributed by atoms with Crippen LogP contribution in [0, 0.1) is 11.8 Å². The number of aliphatic carboxylic acids is 1. The molecular formula is C97H132N20O22. The molecule has 2 aliphatic heterocycles. The van der Waals surface area contributed by atoms with Crippen molar-refractivity contribution in [2.75, 3.05) is 26.2 Å². The van der Waals surface area contributed by atoms with Crippen LogP contribution in [0.4, 0.5) is 0 Å². The topological polar surface area (TPSA) is 661 Å². The molecule has 139 heavy (non-hydrogen) atoms. The number of H-pyrrole nitrogens is 1. The van der Waals surface area contributed by atoms with Crippen molar-refractivity contribution in [2.45, 2.75) is 260 Å². The van der Waals surface area contributed by atoms with Crippen LogP contribution in [0.15, 0.2) is 158 Å². The summed E-state index contributed by atoms with van der Waals surface area (Å²) in [6, 6.07) is 16.7. The number of amides is 16. The predicted octanol–water partition coefficient (Wildman–Crippen LogP) is -2.56. The molecule has 752 valence electrons. The Kier molecular flexibility index (Phi) is 43.4. The number of nitrogens with one attached hydrogen (secondary N) is 14. The van der Waals surface area contributed by atoms with E-state index in [0.717, 1.165) is 26.3 Å². The molecule has 3 heterocycles. The molecule has 0 aliphatic carbocycles. The van der Waals surface area contributed by atoms with Crippen molar-refractivity contribution >= 4 is 100 Å². The normalized spacial score (nSPS) is 16.9. The van der Waals surface area contributed by atoms with Gasteiger partial charge in [0.05, 0.1) is 49.3 Å². The Morgan fingerprint density at radius 3 is 1.24 bits per heavy atom. The van der Waals surface area contributed by atoms with Crippen molar-refractivity contribution in [1.82, 2.24) is 88.9 Å². The number of hydrogen-bond acceptors (Lipinski definition) is 24. The van der Waals surface area contributed by atoms with Crippen LogP contribution in [0.25, 0.3) is 0 Å². The van der Waals surface area contributed by atoms with Crippen molar-refractivity contribution in [3.63, 3.8) is 0 Å². The third kappa shape index (κ3) is 35.1. The first-order chi connectivity index (χ1) is 66.2. The maximum atomic E-state index is 15.5. The number of benzene rings is 5. The fourth-order valence-electron chi connectivity index (χ4n) is 16.2. The van der Waals surface area contributed by atoms with E-state index < -0.39 is 222 Å². The standard InChI is InChI=1S/C97H132N20O22/c1-54(2)42-68(106-83(124)66(99)44-59-24-12-8-13-25-59)84(125)102-52-79(123)104-73(47-61-28-16-10-17-29-61)95(136)117-41-23-34-77(117)91(132)114-82(58(7)120)94(135)115-81(57(6)119)92(133)105-67(32-20-21-39-98)85(126)113-80(56(5)118)93(134)110-70(46-63-35-37-65(121)38-36-63)87(128)111-74(48-62-30-18-11-19-31-62)96(137)116-40-22-33-76(116)90(131)109-71(49-64-51-101-53-103-64)88(129)107-69(45-60-26-14-9-15-27-60)86(127)108-72(50-78(100)122)89(130)112-75(97(138)139)43-55(3)4/h8-19,24-31,35-38,51,53-58,66-77,80-82,118-121H,20-23,32-34,39-50,52,98-99H2,1-7H3,(H2,100,122)(H,101,103)(H,102,125)(H,104,123)(H,105,133)(H,106,124)(H,107,129)(H,108,127)(H,109,131)(H,110,134)(H,111,128)(H,112,130)(H,113,126)(H,114,132)(H,115,135)(H,138,139)/t56-,57-,58-,66+,67+,68+,69+,70+,71+,72+,73+,74+,75+,76+,77+,80+,81+,82+/m1/s1. The molecule has 8 rings (SSSR count). The molecule has 0 unspecified atom stereocenters. The lowest BCUT2D eigenvalue weighted by Crippen LogP contribution is -2.64. The molecule has 0 radical (unpaired) electrons. The molecule has 0 bridgehead atoms. The van der Waals surface area contributed by atoms with Gasteiger partial charge in [0, 0.05) is 51.4 Å². The minimum absolute atomic E-state index is 0.0142. The summed E-state index contributed by atoms with van der Waals surface area (Å²) in [5.41, 5.74) is 20.6. The van der Waals surface area contributed by atoms with Gasteiger partial charge in [0.25, 0.3) is 0 Å². The number of hydrogen-bond donors (Lipinski definition) is 22. The summed E-state index contributed by atoms with van der Waals surface area (Å²) in [4.78, 5) is 252. The highest BCUT2D eigenvalue weighted by Gasteiger charge is 2.45. The molecule has 25 N–H and O–H groups in total. The van der Waals surface area contributed by atoms with Gasteiger partial charge in [-0.15, -0.1) is 0 Å². The molecule has 2 fully saturated rings. The Balaban J connectivity index is 0.961. The van der Waals surface area contributed by atoms with Crippen molar-refractivity contribution in [3.05, 3.63) is 192 Å². The van der Waals surface area contributed by atoms with Crippen molar-refractivity contribution in [3.8, 4) is 5.75 Å². The van der Waals surface area contributed by atoms with Crippen LogP contribution in [0.3, 0.4) is 0 Å². The molecule has 42 nitrogen and oxygen atoms in total. The zero-order chi connectivity index (χ0) is 102. The number of imidazole rings is 1. The summed E-state index contributed by atoms with van der Waals surface area (Å²) in [6.45, 7) is 9.88. The maximum Gasteiger partial charge on any atom is 0.326 e. The van der Waals surface area contributed by atoms with Crippen LogP contribution in [0.5, 0.6) is 5.75 Å². The third-order valence-electron chi connectivity index (χ3n) is 23.5. The van der Waals surface area contributed by atoms with Crippen molar-refractivity contribution in [1.29, 1.82) is 0 Å². The highest BCUT2D eigenvalue weighted by atomic mass is 16.4. The number of primary amides is 1. The first-order valence-electron chi connectivity index (χ1n) is 46.6. The summed E-state index contributed by atoms with van der Waals surface area (Å²) >= 11 is 0. The van der Waals surface area contributed by atoms with E-state index in [0.29, 0.717) is 22.3 Å². The van der Waals surface area contributed by atoms with E-state index in [9.17, 15) is 92.7 Å². The van der Waals surface area contributed by atoms with E-state index in [1.807, 2.05) is 32.0 Å². The number of unbranched alkanes of at least 4 members (excludes halogenated alkanes) is 1. The summed E-state index contributed by atoms with van der Waals surface area (Å²) in [5.74, 6) is -17.1. The molecule has 2 aliphatic rings. The molecule has 0 spiro atoms. The van der Waals surface area contributed by atoms with Gasteiger partial charge in [0.1, 0.15) is 90.3 Å². The SMILES string of the molecule is CC(C)C[C@H](NC(=O)[C@H](CC(N)=O)NC(=O)[C@H](Cc1ccccc1)NC(=O)[C@H](Cc1c[nH]cn1)NC(=O)[C@@H]1CCCN1C(=O)[C@H](Cc1ccccc1)NC(=O)[C@H](Cc1ccc(O)cc1)NC(=O)[C@@H](NC(=O)[C@H](CCCCN)NC(=O)[C@@H](NC(=O)[C@@H](NC(=O)[C@@H]1CCCN1C(=O)[C@H](Cc1ccccc1)NC(=O)CNC(=O)[C@H](CC(C)C)NC(=O)[C@@H](N)Cc1ccccc1)[C@@H](C)O)[C@@H](C)O)[C@@H](C)O)C(=O)O. The molecule has 18 atom stereocenters. The lowest BCUT2D eigenvalue weighted by atomic mass is 10.0. The summed E-state index contributed by atoms with van der Waals surface area (Å²) in [5, 5.41) is 87.4. The Morgan fingerprint density at radius 1 is 0.410 bits per heavy atom. The smallest absolute Gasteiger partial charge is 0.326 e. The van der Waals surface area contributed by atoms with Crippen LogP contribution in [0.1, 0.15) is 146 Å². The van der Waals surface area contributed by atoms with E-state index in [1.54, 1.807) is 117 Å². The van der Waals surface area contributed by atoms with Gasteiger partial charge in [-0.05, 0) is 143 Å². The lowest BCUT2D eigenvalue weighted by Gasteiger charge is -2.32. The second kappa shape index (κ2) is 54.7. The van der Waals surface area contributed by atoms with Gasteiger partial charge in [-0.1, -0.05) is 161 Å². The predicted molar refractivity (Wildman–Crippen MR) is 507 cm³/mol. The molecule has 0 saturated carbocycles. The number of phenols is 1. The molecule has 6 aromatic rings. The van der Waals surface area contributed by atoms with Crippen LogP contribution in [0.2, 0.25) is 0 Å². The lowest BCUT2D eigenvalue weighted by molar-refractivity contribution is -0.143. The Labute approximate surface area is 805 Å². The maximum absolute atomic E-state index is 15.5. The fourth-order valence-corrected chi connectivity index (χ4v) is 16.2. The summed E-state index contributed by atoms with van der Waals surface area (Å²) < 4.78 is 0. The number of carbonyl (C=O) groups is 17. The molecule has 5 aromatic carbocycles. The number of carboxylic acids is 1. The molecule has 1 aromatic heterocycles. The fraction of sp³-hybridized carbons (Fsp3) is 0.485. The molecule has 16 amide bonds. The summed E-state index contributed by atoms with van der Waals surface area (Å²) in [7, 11) is 0. The van der Waals surface area contributed by atoms with E-state index in [2.05, 4.69) is 79.1 Å². The zero-order valence-corrected chi connectivity index (χ0v) is 79.0.